The summed E-state index contributed by atoms with van der Waals surface area (Å²) in [4.78, 5) is 13.5. The monoisotopic (exact) mass is 348 g/mol. The minimum absolute atomic E-state index is 0.273. The van der Waals surface area contributed by atoms with E-state index < -0.39 is 15.8 Å². The fraction of sp³-hybridized carbons (Fsp3) is 0.353. The van der Waals surface area contributed by atoms with Gasteiger partial charge in [-0.25, -0.2) is 8.42 Å². The quantitative estimate of drug-likeness (QED) is 0.916. The predicted molar refractivity (Wildman–Crippen MR) is 91.5 cm³/mol. The molecule has 2 aromatic rings. The summed E-state index contributed by atoms with van der Waals surface area (Å²) in [7, 11) is -3.29. The van der Waals surface area contributed by atoms with Crippen molar-refractivity contribution in [3.05, 3.63) is 42.7 Å². The largest absolute Gasteiger partial charge is 0.481 e. The highest BCUT2D eigenvalue weighted by Gasteiger charge is 2.26. The van der Waals surface area contributed by atoms with Crippen LogP contribution < -0.4 is 4.90 Å². The lowest BCUT2D eigenvalue weighted by Gasteiger charge is -2.33. The van der Waals surface area contributed by atoms with Crippen LogP contribution in [0.5, 0.6) is 0 Å². The van der Waals surface area contributed by atoms with Crippen LogP contribution in [0, 0.1) is 5.92 Å². The van der Waals surface area contributed by atoms with E-state index in [2.05, 4.69) is 4.90 Å². The Bertz CT molecular complexity index is 835. The van der Waals surface area contributed by atoms with Crippen molar-refractivity contribution in [1.29, 1.82) is 0 Å². The highest BCUT2D eigenvalue weighted by molar-refractivity contribution is 7.90. The van der Waals surface area contributed by atoms with Crippen molar-refractivity contribution in [2.24, 2.45) is 5.92 Å². The molecule has 1 aromatic carbocycles. The standard InChI is InChI=1S/C17H20N2O4S/c1-24(22,23)14-4-5-15(16(12-14)18-8-2-3-9-18)19-10-6-13(7-11-19)17(20)21/h2-5,8-9,12-13H,6-7,10-11H2,1H3,(H,20,21). The first-order valence-electron chi connectivity index (χ1n) is 7.81. The number of benzene rings is 1. The topological polar surface area (TPSA) is 79.6 Å². The fourth-order valence-corrected chi connectivity index (χ4v) is 3.71. The molecule has 0 bridgehead atoms. The second-order valence-corrected chi connectivity index (χ2v) is 8.13. The third kappa shape index (κ3) is 3.31. The van der Waals surface area contributed by atoms with Crippen LogP contribution in [-0.2, 0) is 14.6 Å². The van der Waals surface area contributed by atoms with Gasteiger partial charge in [-0.15, -0.1) is 0 Å². The second-order valence-electron chi connectivity index (χ2n) is 6.11. The SMILES string of the molecule is CS(=O)(=O)c1ccc(N2CCC(C(=O)O)CC2)c(-n2cccc2)c1. The summed E-state index contributed by atoms with van der Waals surface area (Å²) in [6.45, 7) is 1.28. The Labute approximate surface area is 141 Å². The molecule has 3 rings (SSSR count). The van der Waals surface area contributed by atoms with E-state index in [1.165, 1.54) is 6.26 Å². The second kappa shape index (κ2) is 6.32. The van der Waals surface area contributed by atoms with Crippen LogP contribution in [0.4, 0.5) is 5.69 Å². The number of hydrogen-bond acceptors (Lipinski definition) is 4. The van der Waals surface area contributed by atoms with Crippen LogP contribution in [0.1, 0.15) is 12.8 Å². The molecule has 0 unspecified atom stereocenters. The van der Waals surface area contributed by atoms with Crippen LogP contribution in [0.25, 0.3) is 5.69 Å². The number of anilines is 1. The van der Waals surface area contributed by atoms with E-state index in [0.717, 1.165) is 11.4 Å². The zero-order chi connectivity index (χ0) is 17.3. The zero-order valence-electron chi connectivity index (χ0n) is 13.4. The number of sulfone groups is 1. The van der Waals surface area contributed by atoms with Gasteiger partial charge in [-0.3, -0.25) is 4.79 Å². The van der Waals surface area contributed by atoms with Crippen LogP contribution in [0.2, 0.25) is 0 Å². The first kappa shape index (κ1) is 16.6. The van der Waals surface area contributed by atoms with Crippen molar-refractivity contribution in [2.45, 2.75) is 17.7 Å². The molecule has 0 spiro atoms. The lowest BCUT2D eigenvalue weighted by atomic mass is 9.96. The third-order valence-electron chi connectivity index (χ3n) is 4.44. The van der Waals surface area contributed by atoms with Crippen LogP contribution in [0.3, 0.4) is 0 Å². The summed E-state index contributed by atoms with van der Waals surface area (Å²) < 4.78 is 25.6. The maximum atomic E-state index is 11.9. The maximum Gasteiger partial charge on any atom is 0.306 e. The fourth-order valence-electron chi connectivity index (χ4n) is 3.07. The van der Waals surface area contributed by atoms with Crippen LogP contribution >= 0.6 is 0 Å². The summed E-state index contributed by atoms with van der Waals surface area (Å²) in [6.07, 6.45) is 6.12. The van der Waals surface area contributed by atoms with Gasteiger partial charge in [-0.1, -0.05) is 0 Å². The van der Waals surface area contributed by atoms with E-state index in [-0.39, 0.29) is 10.8 Å². The first-order chi connectivity index (χ1) is 11.4. The summed E-state index contributed by atoms with van der Waals surface area (Å²) in [5.74, 6) is -1.04. The molecule has 1 N–H and O–H groups in total. The number of nitrogens with zero attached hydrogens (tertiary/aromatic N) is 2. The number of carboxylic acid groups (broad SMARTS) is 1. The minimum atomic E-state index is -3.29. The highest BCUT2D eigenvalue weighted by atomic mass is 32.2. The highest BCUT2D eigenvalue weighted by Crippen LogP contribution is 2.31. The van der Waals surface area contributed by atoms with E-state index in [1.54, 1.807) is 12.1 Å². The molecule has 1 aliphatic heterocycles. The van der Waals surface area contributed by atoms with Gasteiger partial charge >= 0.3 is 5.97 Å². The minimum Gasteiger partial charge on any atom is -0.481 e. The summed E-state index contributed by atoms with van der Waals surface area (Å²) in [6, 6.07) is 8.86. The summed E-state index contributed by atoms with van der Waals surface area (Å²) >= 11 is 0. The van der Waals surface area contributed by atoms with Crippen molar-refractivity contribution in [2.75, 3.05) is 24.2 Å². The van der Waals surface area contributed by atoms with Gasteiger partial charge < -0.3 is 14.6 Å². The normalized spacial score (nSPS) is 16.3. The smallest absolute Gasteiger partial charge is 0.306 e. The van der Waals surface area contributed by atoms with Gasteiger partial charge in [0, 0.05) is 31.7 Å². The van der Waals surface area contributed by atoms with Gasteiger partial charge in [-0.05, 0) is 43.2 Å². The van der Waals surface area contributed by atoms with Crippen LogP contribution in [0.15, 0.2) is 47.6 Å². The van der Waals surface area contributed by atoms with E-state index in [4.69, 9.17) is 5.11 Å². The van der Waals surface area contributed by atoms with E-state index >= 15 is 0 Å². The molecule has 0 saturated carbocycles. The third-order valence-corrected chi connectivity index (χ3v) is 5.55. The van der Waals surface area contributed by atoms with Crippen molar-refractivity contribution >= 4 is 21.5 Å². The number of aromatic nitrogens is 1. The molecule has 24 heavy (non-hydrogen) atoms. The molecule has 1 aromatic heterocycles. The number of carboxylic acids is 1. The van der Waals surface area contributed by atoms with Crippen molar-refractivity contribution in [3.63, 3.8) is 0 Å². The Morgan fingerprint density at radius 3 is 2.29 bits per heavy atom. The molecule has 0 amide bonds. The van der Waals surface area contributed by atoms with Crippen molar-refractivity contribution in [3.8, 4) is 5.69 Å². The molecule has 2 heterocycles. The first-order valence-corrected chi connectivity index (χ1v) is 9.70. The lowest BCUT2D eigenvalue weighted by Crippen LogP contribution is -2.36. The van der Waals surface area contributed by atoms with Gasteiger partial charge in [0.2, 0.25) is 0 Å². The number of rotatable bonds is 4. The Kier molecular flexibility index (Phi) is 4.36. The van der Waals surface area contributed by atoms with E-state index in [9.17, 15) is 13.2 Å². The molecular weight excluding hydrogens is 328 g/mol. The lowest BCUT2D eigenvalue weighted by molar-refractivity contribution is -0.142. The molecule has 0 radical (unpaired) electrons. The van der Waals surface area contributed by atoms with E-state index in [1.807, 2.05) is 35.2 Å². The zero-order valence-corrected chi connectivity index (χ0v) is 14.2. The molecule has 128 valence electrons. The van der Waals surface area contributed by atoms with E-state index in [0.29, 0.717) is 25.9 Å². The van der Waals surface area contributed by atoms with Crippen molar-refractivity contribution in [1.82, 2.24) is 4.57 Å². The van der Waals surface area contributed by atoms with Crippen LogP contribution in [-0.4, -0.2) is 43.4 Å². The summed E-state index contributed by atoms with van der Waals surface area (Å²) in [5, 5.41) is 9.14. The predicted octanol–water partition coefficient (Wildman–Crippen LogP) is 2.18. The summed E-state index contributed by atoms with van der Waals surface area (Å²) in [5.41, 5.74) is 1.71. The van der Waals surface area contributed by atoms with Gasteiger partial charge in [0.15, 0.2) is 9.84 Å². The molecule has 1 aliphatic rings. The van der Waals surface area contributed by atoms with Gasteiger partial charge in [0.25, 0.3) is 0 Å². The molecule has 1 fully saturated rings. The number of aliphatic carboxylic acids is 1. The van der Waals surface area contributed by atoms with Gasteiger partial charge in [0.05, 0.1) is 22.2 Å². The van der Waals surface area contributed by atoms with Gasteiger partial charge in [0.1, 0.15) is 0 Å². The number of hydrogen-bond donors (Lipinski definition) is 1. The van der Waals surface area contributed by atoms with Gasteiger partial charge in [-0.2, -0.15) is 0 Å². The molecule has 1 saturated heterocycles. The molecular formula is C17H20N2O4S. The molecule has 7 heteroatoms. The Morgan fingerprint density at radius 1 is 1.12 bits per heavy atom. The Morgan fingerprint density at radius 2 is 1.75 bits per heavy atom. The number of carbonyl (C=O) groups is 1. The Balaban J connectivity index is 1.98. The molecule has 0 atom stereocenters. The number of piperidine rings is 1. The average molecular weight is 348 g/mol. The molecule has 0 aliphatic carbocycles. The van der Waals surface area contributed by atoms with Crippen molar-refractivity contribution < 1.29 is 18.3 Å². The Hall–Kier alpha value is -2.28. The molecule has 6 nitrogen and oxygen atoms in total. The maximum absolute atomic E-state index is 11.9. The average Bonchev–Trinajstić information content (AvgIpc) is 3.08.